The smallest absolute Gasteiger partial charge is 0.331 e. The molecule has 0 radical (unpaired) electrons. The zero-order valence-electron chi connectivity index (χ0n) is 13.5. The molecule has 1 N–H and O–H groups in total. The van der Waals surface area contributed by atoms with Gasteiger partial charge in [0.1, 0.15) is 5.82 Å². The first-order chi connectivity index (χ1) is 12.0. The van der Waals surface area contributed by atoms with Gasteiger partial charge in [0.2, 0.25) is 0 Å². The van der Waals surface area contributed by atoms with E-state index < -0.39 is 23.8 Å². The van der Waals surface area contributed by atoms with E-state index >= 15 is 0 Å². The second-order valence-corrected chi connectivity index (χ2v) is 5.65. The molecule has 6 heteroatoms. The summed E-state index contributed by atoms with van der Waals surface area (Å²) < 4.78 is 18.4. The fourth-order valence-corrected chi connectivity index (χ4v) is 2.21. The van der Waals surface area contributed by atoms with Gasteiger partial charge in [-0.1, -0.05) is 48.0 Å². The zero-order valence-corrected chi connectivity index (χ0v) is 14.3. The van der Waals surface area contributed by atoms with Crippen molar-refractivity contribution in [3.05, 3.63) is 76.6 Å². The summed E-state index contributed by atoms with van der Waals surface area (Å²) in [5.74, 6) is -1.63. The van der Waals surface area contributed by atoms with Gasteiger partial charge in [-0.3, -0.25) is 4.79 Å². The van der Waals surface area contributed by atoms with Gasteiger partial charge in [-0.15, -0.1) is 0 Å². The first kappa shape index (κ1) is 18.7. The van der Waals surface area contributed by atoms with Crippen molar-refractivity contribution >= 4 is 29.6 Å². The fraction of sp³-hybridized carbons (Fsp3) is 0.158. The minimum atomic E-state index is -0.986. The van der Waals surface area contributed by atoms with Gasteiger partial charge in [0.25, 0.3) is 5.91 Å². The fourth-order valence-electron chi connectivity index (χ4n) is 2.00. The van der Waals surface area contributed by atoms with Gasteiger partial charge in [-0.05, 0) is 30.7 Å². The molecule has 1 atom stereocenters. The maximum absolute atomic E-state index is 13.4. The van der Waals surface area contributed by atoms with Crippen molar-refractivity contribution in [2.24, 2.45) is 0 Å². The molecule has 0 bridgehead atoms. The Kier molecular flexibility index (Phi) is 6.71. The molecule has 0 fully saturated rings. The zero-order chi connectivity index (χ0) is 18.2. The average Bonchev–Trinajstić information content (AvgIpc) is 2.60. The minimum absolute atomic E-state index is 0.228. The molecule has 0 heterocycles. The summed E-state index contributed by atoms with van der Waals surface area (Å²) in [5.41, 5.74) is 1.02. The normalized spacial score (nSPS) is 12.0. The molecule has 0 saturated carbocycles. The van der Waals surface area contributed by atoms with Crippen LogP contribution in [-0.2, 0) is 20.9 Å². The molecular formula is C19H17ClFNO3. The molecule has 0 aliphatic heterocycles. The molecule has 0 aliphatic carbocycles. The van der Waals surface area contributed by atoms with Gasteiger partial charge < -0.3 is 10.1 Å². The highest BCUT2D eigenvalue weighted by Crippen LogP contribution is 2.14. The monoisotopic (exact) mass is 361 g/mol. The van der Waals surface area contributed by atoms with Crippen LogP contribution in [0.2, 0.25) is 5.02 Å². The lowest BCUT2D eigenvalue weighted by Crippen LogP contribution is -2.35. The highest BCUT2D eigenvalue weighted by atomic mass is 35.5. The van der Waals surface area contributed by atoms with Crippen molar-refractivity contribution < 1.29 is 18.7 Å². The van der Waals surface area contributed by atoms with E-state index in [9.17, 15) is 14.0 Å². The molecule has 0 spiro atoms. The molecule has 130 valence electrons. The van der Waals surface area contributed by atoms with Crippen LogP contribution in [-0.4, -0.2) is 18.0 Å². The van der Waals surface area contributed by atoms with Crippen LogP contribution in [0.15, 0.2) is 54.6 Å². The number of hydrogen-bond donors (Lipinski definition) is 1. The Hall–Kier alpha value is -2.66. The number of esters is 1. The van der Waals surface area contributed by atoms with Crippen LogP contribution in [0.3, 0.4) is 0 Å². The van der Waals surface area contributed by atoms with Gasteiger partial charge in [-0.2, -0.15) is 0 Å². The first-order valence-corrected chi connectivity index (χ1v) is 7.99. The molecule has 2 aromatic carbocycles. The van der Waals surface area contributed by atoms with Crippen LogP contribution < -0.4 is 5.32 Å². The third-order valence-electron chi connectivity index (χ3n) is 3.38. The van der Waals surface area contributed by atoms with E-state index in [1.54, 1.807) is 30.3 Å². The number of nitrogens with one attached hydrogen (secondary N) is 1. The molecule has 4 nitrogen and oxygen atoms in total. The number of ether oxygens (including phenoxy) is 1. The predicted octanol–water partition coefficient (Wildman–Crippen LogP) is 3.74. The summed E-state index contributed by atoms with van der Waals surface area (Å²) >= 11 is 6.01. The number of rotatable bonds is 6. The van der Waals surface area contributed by atoms with Crippen molar-refractivity contribution in [2.45, 2.75) is 19.6 Å². The maximum Gasteiger partial charge on any atom is 0.331 e. The topological polar surface area (TPSA) is 55.4 Å². The molecule has 0 aromatic heterocycles. The number of carbonyl (C=O) groups excluding carboxylic acids is 2. The summed E-state index contributed by atoms with van der Waals surface area (Å²) in [7, 11) is 0. The number of halogens is 2. The molecule has 1 amide bonds. The largest absolute Gasteiger partial charge is 0.449 e. The van der Waals surface area contributed by atoms with E-state index in [4.69, 9.17) is 16.3 Å². The second-order valence-electron chi connectivity index (χ2n) is 5.24. The molecule has 0 aliphatic rings. The van der Waals surface area contributed by atoms with Gasteiger partial charge >= 0.3 is 5.97 Å². The third kappa shape index (κ3) is 5.72. The Bertz CT molecular complexity index is 792. The first-order valence-electron chi connectivity index (χ1n) is 7.61. The van der Waals surface area contributed by atoms with E-state index in [1.807, 2.05) is 6.07 Å². The SMILES string of the molecule is C[C@@H](OC(=O)/C=C/c1ccccc1F)C(=O)NCc1ccccc1Cl. The summed E-state index contributed by atoms with van der Waals surface area (Å²) in [6.07, 6.45) is 1.39. The van der Waals surface area contributed by atoms with Crippen LogP contribution in [0.5, 0.6) is 0 Å². The molecule has 0 unspecified atom stereocenters. The third-order valence-corrected chi connectivity index (χ3v) is 3.75. The summed E-state index contributed by atoms with van der Waals surface area (Å²) in [4.78, 5) is 23.7. The van der Waals surface area contributed by atoms with Crippen molar-refractivity contribution in [2.75, 3.05) is 0 Å². The Balaban J connectivity index is 1.85. The second kappa shape index (κ2) is 8.99. The van der Waals surface area contributed by atoms with Crippen LogP contribution in [0.1, 0.15) is 18.1 Å². The van der Waals surface area contributed by atoms with E-state index in [-0.39, 0.29) is 12.1 Å². The Labute approximate surface area is 150 Å². The summed E-state index contributed by atoms with van der Waals surface area (Å²) in [6.45, 7) is 1.68. The van der Waals surface area contributed by atoms with Crippen LogP contribution in [0.4, 0.5) is 4.39 Å². The van der Waals surface area contributed by atoms with Crippen LogP contribution >= 0.6 is 11.6 Å². The summed E-state index contributed by atoms with van der Waals surface area (Å²) in [6, 6.07) is 13.1. The van der Waals surface area contributed by atoms with Crippen LogP contribution in [0.25, 0.3) is 6.08 Å². The van der Waals surface area contributed by atoms with Gasteiger partial charge in [0.15, 0.2) is 6.10 Å². The summed E-state index contributed by atoms with van der Waals surface area (Å²) in [5, 5.41) is 3.19. The molecule has 2 aromatic rings. The highest BCUT2D eigenvalue weighted by Gasteiger charge is 2.16. The number of carbonyl (C=O) groups is 2. The standard InChI is InChI=1S/C19H17ClFNO3/c1-13(19(24)22-12-15-7-2-4-8-16(15)20)25-18(23)11-10-14-6-3-5-9-17(14)21/h2-11,13H,12H2,1H3,(H,22,24)/b11-10+/t13-/m1/s1. The Morgan fingerprint density at radius 3 is 2.60 bits per heavy atom. The van der Waals surface area contributed by atoms with Crippen molar-refractivity contribution in [3.63, 3.8) is 0 Å². The van der Waals surface area contributed by atoms with Gasteiger partial charge in [0.05, 0.1) is 0 Å². The number of benzene rings is 2. The lowest BCUT2D eigenvalue weighted by molar-refractivity contribution is -0.150. The van der Waals surface area contributed by atoms with Gasteiger partial charge in [-0.25, -0.2) is 9.18 Å². The Morgan fingerprint density at radius 2 is 1.88 bits per heavy atom. The van der Waals surface area contributed by atoms with Crippen molar-refractivity contribution in [1.82, 2.24) is 5.32 Å². The Morgan fingerprint density at radius 1 is 1.20 bits per heavy atom. The predicted molar refractivity (Wildman–Crippen MR) is 94.3 cm³/mol. The van der Waals surface area contributed by atoms with Gasteiger partial charge in [0, 0.05) is 23.2 Å². The van der Waals surface area contributed by atoms with Crippen LogP contribution in [0, 0.1) is 5.82 Å². The number of amides is 1. The molecule has 0 saturated heterocycles. The van der Waals surface area contributed by atoms with E-state index in [0.717, 1.165) is 11.6 Å². The lowest BCUT2D eigenvalue weighted by Gasteiger charge is -2.13. The average molecular weight is 362 g/mol. The van der Waals surface area contributed by atoms with Crippen molar-refractivity contribution in [1.29, 1.82) is 0 Å². The molecular weight excluding hydrogens is 345 g/mol. The van der Waals surface area contributed by atoms with Crippen molar-refractivity contribution in [3.8, 4) is 0 Å². The lowest BCUT2D eigenvalue weighted by atomic mass is 10.2. The maximum atomic E-state index is 13.4. The quantitative estimate of drug-likeness (QED) is 0.630. The highest BCUT2D eigenvalue weighted by molar-refractivity contribution is 6.31. The molecule has 25 heavy (non-hydrogen) atoms. The van der Waals surface area contributed by atoms with E-state index in [1.165, 1.54) is 25.1 Å². The van der Waals surface area contributed by atoms with E-state index in [2.05, 4.69) is 5.32 Å². The minimum Gasteiger partial charge on any atom is -0.449 e. The number of hydrogen-bond acceptors (Lipinski definition) is 3. The molecule has 2 rings (SSSR count). The van der Waals surface area contributed by atoms with E-state index in [0.29, 0.717) is 5.02 Å².